The summed E-state index contributed by atoms with van der Waals surface area (Å²) in [5.41, 5.74) is 3.11. The molecule has 3 nitrogen and oxygen atoms in total. The van der Waals surface area contributed by atoms with Gasteiger partial charge >= 0.3 is 0 Å². The molecule has 1 aromatic heterocycles. The van der Waals surface area contributed by atoms with Crippen LogP contribution in [0.3, 0.4) is 0 Å². The maximum atomic E-state index is 9.05. The van der Waals surface area contributed by atoms with Crippen LogP contribution in [0.5, 0.6) is 0 Å². The average molecular weight is 232 g/mol. The van der Waals surface area contributed by atoms with Gasteiger partial charge in [0.15, 0.2) is 0 Å². The van der Waals surface area contributed by atoms with Crippen molar-refractivity contribution in [1.82, 2.24) is 9.78 Å². The topological polar surface area (TPSA) is 41.6 Å². The Bertz CT molecular complexity index is 578. The molecule has 0 aliphatic heterocycles. The molecule has 0 radical (unpaired) electrons. The van der Waals surface area contributed by atoms with E-state index in [4.69, 9.17) is 16.9 Å². The summed E-state index contributed by atoms with van der Waals surface area (Å²) in [5, 5.41) is 13.8. The summed E-state index contributed by atoms with van der Waals surface area (Å²) >= 11 is 6.17. The lowest BCUT2D eigenvalue weighted by molar-refractivity contribution is 0.757. The van der Waals surface area contributed by atoms with Gasteiger partial charge in [-0.05, 0) is 13.0 Å². The number of hydrogen-bond acceptors (Lipinski definition) is 2. The molecule has 0 aliphatic rings. The maximum absolute atomic E-state index is 9.05. The number of benzene rings is 1. The van der Waals surface area contributed by atoms with E-state index < -0.39 is 0 Å². The van der Waals surface area contributed by atoms with E-state index in [1.807, 2.05) is 25.1 Å². The molecule has 0 N–H and O–H groups in total. The van der Waals surface area contributed by atoms with Gasteiger partial charge in [0.1, 0.15) is 5.15 Å². The zero-order valence-corrected chi connectivity index (χ0v) is 9.78. The van der Waals surface area contributed by atoms with Crippen molar-refractivity contribution in [2.75, 3.05) is 0 Å². The molecule has 0 atom stereocenters. The zero-order valence-electron chi connectivity index (χ0n) is 9.03. The van der Waals surface area contributed by atoms with Crippen molar-refractivity contribution in [3.63, 3.8) is 0 Å². The highest BCUT2D eigenvalue weighted by atomic mass is 35.5. The first kappa shape index (κ1) is 10.7. The molecule has 0 fully saturated rings. The minimum atomic E-state index is 0.556. The molecule has 2 rings (SSSR count). The highest BCUT2D eigenvalue weighted by molar-refractivity contribution is 6.32. The standard InChI is InChI=1S/C12H10ClN3/c1-8-11(12(13)16(2)15-8)10-6-4-3-5-9(10)7-14/h3-6H,1-2H3. The highest BCUT2D eigenvalue weighted by Gasteiger charge is 2.15. The van der Waals surface area contributed by atoms with Crippen molar-refractivity contribution in [1.29, 1.82) is 5.26 Å². The van der Waals surface area contributed by atoms with Gasteiger partial charge in [0, 0.05) is 18.2 Å². The van der Waals surface area contributed by atoms with Crippen LogP contribution >= 0.6 is 11.6 Å². The maximum Gasteiger partial charge on any atom is 0.134 e. The van der Waals surface area contributed by atoms with Crippen LogP contribution < -0.4 is 0 Å². The van der Waals surface area contributed by atoms with E-state index in [1.165, 1.54) is 0 Å². The normalized spacial score (nSPS) is 10.1. The van der Waals surface area contributed by atoms with Gasteiger partial charge in [-0.25, -0.2) is 0 Å². The molecule has 1 aromatic carbocycles. The van der Waals surface area contributed by atoms with Gasteiger partial charge in [-0.1, -0.05) is 29.8 Å². The molecule has 0 unspecified atom stereocenters. The molecule has 0 spiro atoms. The lowest BCUT2D eigenvalue weighted by Gasteiger charge is -2.02. The molecule has 4 heteroatoms. The Balaban J connectivity index is 2.73. The number of nitrogens with zero attached hydrogens (tertiary/aromatic N) is 3. The second-order valence-electron chi connectivity index (χ2n) is 3.53. The number of rotatable bonds is 1. The first-order valence-electron chi connectivity index (χ1n) is 4.83. The Kier molecular flexibility index (Phi) is 2.67. The van der Waals surface area contributed by atoms with Gasteiger partial charge in [0.25, 0.3) is 0 Å². The fraction of sp³-hybridized carbons (Fsp3) is 0.167. The van der Waals surface area contributed by atoms with Crippen LogP contribution in [0.25, 0.3) is 11.1 Å². The third-order valence-corrected chi connectivity index (χ3v) is 2.90. The van der Waals surface area contributed by atoms with Crippen molar-refractivity contribution in [2.45, 2.75) is 6.92 Å². The Morgan fingerprint density at radius 1 is 1.38 bits per heavy atom. The molecule has 0 saturated carbocycles. The highest BCUT2D eigenvalue weighted by Crippen LogP contribution is 2.32. The van der Waals surface area contributed by atoms with E-state index >= 15 is 0 Å². The van der Waals surface area contributed by atoms with Gasteiger partial charge in [0.05, 0.1) is 17.3 Å². The fourth-order valence-electron chi connectivity index (χ4n) is 1.73. The third kappa shape index (κ3) is 1.58. The Morgan fingerprint density at radius 3 is 2.62 bits per heavy atom. The van der Waals surface area contributed by atoms with Crippen molar-refractivity contribution in [3.05, 3.63) is 40.7 Å². The summed E-state index contributed by atoms with van der Waals surface area (Å²) in [4.78, 5) is 0. The molecule has 16 heavy (non-hydrogen) atoms. The lowest BCUT2D eigenvalue weighted by Crippen LogP contribution is -1.89. The summed E-state index contributed by atoms with van der Waals surface area (Å²) in [6, 6.07) is 9.54. The molecule has 1 heterocycles. The largest absolute Gasteiger partial charge is 0.256 e. The summed E-state index contributed by atoms with van der Waals surface area (Å²) in [6.07, 6.45) is 0. The van der Waals surface area contributed by atoms with Gasteiger partial charge in [-0.15, -0.1) is 0 Å². The Labute approximate surface area is 98.9 Å². The summed E-state index contributed by atoms with van der Waals surface area (Å²) in [6.45, 7) is 1.88. The molecule has 0 bridgehead atoms. The molecular weight excluding hydrogens is 222 g/mol. The number of halogens is 1. The van der Waals surface area contributed by atoms with Crippen molar-refractivity contribution in [2.24, 2.45) is 7.05 Å². The SMILES string of the molecule is Cc1nn(C)c(Cl)c1-c1ccccc1C#N. The third-order valence-electron chi connectivity index (χ3n) is 2.47. The smallest absolute Gasteiger partial charge is 0.134 e. The van der Waals surface area contributed by atoms with Gasteiger partial charge in [0.2, 0.25) is 0 Å². The Morgan fingerprint density at radius 2 is 2.06 bits per heavy atom. The summed E-state index contributed by atoms with van der Waals surface area (Å²) in [7, 11) is 1.79. The van der Waals surface area contributed by atoms with Crippen LogP contribution in [0.1, 0.15) is 11.3 Å². The predicted octanol–water partition coefficient (Wildman–Crippen LogP) is 2.92. The monoisotopic (exact) mass is 231 g/mol. The molecule has 0 aliphatic carbocycles. The summed E-state index contributed by atoms with van der Waals surface area (Å²) in [5.74, 6) is 0. The lowest BCUT2D eigenvalue weighted by atomic mass is 10.0. The molecule has 0 amide bonds. The zero-order chi connectivity index (χ0) is 11.7. The van der Waals surface area contributed by atoms with Crippen LogP contribution in [0.2, 0.25) is 5.15 Å². The van der Waals surface area contributed by atoms with Gasteiger partial charge in [-0.3, -0.25) is 4.68 Å². The number of hydrogen-bond donors (Lipinski definition) is 0. The van der Waals surface area contributed by atoms with Gasteiger partial charge in [-0.2, -0.15) is 10.4 Å². The minimum absolute atomic E-state index is 0.556. The molecule has 80 valence electrons. The first-order valence-corrected chi connectivity index (χ1v) is 5.21. The predicted molar refractivity (Wildman–Crippen MR) is 63.1 cm³/mol. The molecule has 0 saturated heterocycles. The van der Waals surface area contributed by atoms with E-state index in [9.17, 15) is 0 Å². The second kappa shape index (κ2) is 3.99. The van der Waals surface area contributed by atoms with E-state index in [1.54, 1.807) is 17.8 Å². The quantitative estimate of drug-likeness (QED) is 0.757. The first-order chi connectivity index (χ1) is 7.65. The Hall–Kier alpha value is -1.79. The fourth-order valence-corrected chi connectivity index (χ4v) is 2.01. The van der Waals surface area contributed by atoms with E-state index in [-0.39, 0.29) is 0 Å². The molecule has 2 aromatic rings. The van der Waals surface area contributed by atoms with Crippen LogP contribution in [-0.2, 0) is 7.05 Å². The van der Waals surface area contributed by atoms with Crippen LogP contribution in [0.4, 0.5) is 0 Å². The van der Waals surface area contributed by atoms with Crippen molar-refractivity contribution in [3.8, 4) is 17.2 Å². The summed E-state index contributed by atoms with van der Waals surface area (Å²) < 4.78 is 1.61. The minimum Gasteiger partial charge on any atom is -0.256 e. The number of aryl methyl sites for hydroxylation is 2. The van der Waals surface area contributed by atoms with E-state index in [2.05, 4.69) is 11.2 Å². The van der Waals surface area contributed by atoms with Crippen LogP contribution in [0.15, 0.2) is 24.3 Å². The number of aromatic nitrogens is 2. The van der Waals surface area contributed by atoms with Crippen LogP contribution in [0, 0.1) is 18.3 Å². The van der Waals surface area contributed by atoms with Crippen LogP contribution in [-0.4, -0.2) is 9.78 Å². The molecular formula is C12H10ClN3. The van der Waals surface area contributed by atoms with E-state index in [0.29, 0.717) is 10.7 Å². The number of nitriles is 1. The van der Waals surface area contributed by atoms with Crippen molar-refractivity contribution < 1.29 is 0 Å². The average Bonchev–Trinajstić information content (AvgIpc) is 2.53. The second-order valence-corrected chi connectivity index (χ2v) is 3.89. The van der Waals surface area contributed by atoms with Crippen molar-refractivity contribution >= 4 is 11.6 Å². The van der Waals surface area contributed by atoms with E-state index in [0.717, 1.165) is 16.8 Å². The van der Waals surface area contributed by atoms with Gasteiger partial charge < -0.3 is 0 Å².